The van der Waals surface area contributed by atoms with Crippen LogP contribution < -0.4 is 0 Å². The van der Waals surface area contributed by atoms with Crippen LogP contribution in [0.3, 0.4) is 0 Å². The maximum absolute atomic E-state index is 5.84. The molecular weight excluding hydrogens is 236 g/mol. The molecule has 2 rings (SSSR count). The highest BCUT2D eigenvalue weighted by atomic mass is 35.5. The van der Waals surface area contributed by atoms with Crippen molar-refractivity contribution in [2.45, 2.75) is 25.4 Å². The summed E-state index contributed by atoms with van der Waals surface area (Å²) in [4.78, 5) is 4.94. The van der Waals surface area contributed by atoms with Gasteiger partial charge in [-0.3, -0.25) is 0 Å². The number of hydrogen-bond donors (Lipinski definition) is 0. The Morgan fingerprint density at radius 1 is 1.29 bits per heavy atom. The second-order valence-electron chi connectivity index (χ2n) is 5.50. The normalized spacial score (nSPS) is 32.8. The van der Waals surface area contributed by atoms with Crippen LogP contribution in [-0.4, -0.2) is 68.2 Å². The van der Waals surface area contributed by atoms with Gasteiger partial charge in [0.05, 0.1) is 12.7 Å². The van der Waals surface area contributed by atoms with Crippen LogP contribution in [0.15, 0.2) is 0 Å². The largest absolute Gasteiger partial charge is 0.374 e. The van der Waals surface area contributed by atoms with Gasteiger partial charge in [-0.1, -0.05) is 0 Å². The first kappa shape index (κ1) is 13.6. The van der Waals surface area contributed by atoms with Gasteiger partial charge in [-0.05, 0) is 38.8 Å². The van der Waals surface area contributed by atoms with Crippen LogP contribution in [0.1, 0.15) is 19.3 Å². The number of likely N-dealkylation sites (N-methyl/N-ethyl adjacent to an activating group) is 1. The lowest BCUT2D eigenvalue weighted by Gasteiger charge is -2.37. The van der Waals surface area contributed by atoms with Gasteiger partial charge in [-0.25, -0.2) is 0 Å². The first-order valence-corrected chi connectivity index (χ1v) is 7.40. The fourth-order valence-electron chi connectivity index (χ4n) is 2.97. The van der Waals surface area contributed by atoms with Gasteiger partial charge in [0.15, 0.2) is 0 Å². The molecule has 2 aliphatic rings. The quantitative estimate of drug-likeness (QED) is 0.715. The van der Waals surface area contributed by atoms with Crippen molar-refractivity contribution < 1.29 is 4.74 Å². The zero-order valence-corrected chi connectivity index (χ0v) is 11.7. The average molecular weight is 261 g/mol. The van der Waals surface area contributed by atoms with E-state index < -0.39 is 0 Å². The number of alkyl halides is 1. The highest BCUT2D eigenvalue weighted by molar-refractivity contribution is 6.17. The van der Waals surface area contributed by atoms with Gasteiger partial charge in [0, 0.05) is 32.1 Å². The predicted molar refractivity (Wildman–Crippen MR) is 71.7 cm³/mol. The number of hydrogen-bond acceptors (Lipinski definition) is 3. The molecule has 0 aromatic carbocycles. The Morgan fingerprint density at radius 2 is 2.18 bits per heavy atom. The highest BCUT2D eigenvalue weighted by Gasteiger charge is 2.24. The molecule has 0 aliphatic carbocycles. The number of morpholine rings is 1. The summed E-state index contributed by atoms with van der Waals surface area (Å²) < 4.78 is 5.84. The summed E-state index contributed by atoms with van der Waals surface area (Å²) in [5.74, 6) is 1.61. The molecule has 0 radical (unpaired) electrons. The topological polar surface area (TPSA) is 15.7 Å². The molecule has 2 unspecified atom stereocenters. The van der Waals surface area contributed by atoms with E-state index in [4.69, 9.17) is 16.3 Å². The summed E-state index contributed by atoms with van der Waals surface area (Å²) >= 11 is 5.84. The Hall–Kier alpha value is 0.170. The number of likely N-dealkylation sites (tertiary alicyclic amines) is 1. The predicted octanol–water partition coefficient (Wildman–Crippen LogP) is 1.66. The molecule has 3 nitrogen and oxygen atoms in total. The summed E-state index contributed by atoms with van der Waals surface area (Å²) in [6.07, 6.45) is 4.26. The summed E-state index contributed by atoms with van der Waals surface area (Å²) in [7, 11) is 2.18. The molecule has 100 valence electrons. The second-order valence-corrected chi connectivity index (χ2v) is 5.88. The van der Waals surface area contributed by atoms with Crippen LogP contribution in [0.25, 0.3) is 0 Å². The molecule has 0 saturated carbocycles. The molecule has 4 heteroatoms. The molecule has 2 saturated heterocycles. The molecule has 0 N–H and O–H groups in total. The van der Waals surface area contributed by atoms with E-state index in [2.05, 4.69) is 16.8 Å². The van der Waals surface area contributed by atoms with Crippen molar-refractivity contribution in [3.63, 3.8) is 0 Å². The monoisotopic (exact) mass is 260 g/mol. The van der Waals surface area contributed by atoms with Crippen molar-refractivity contribution in [2.24, 2.45) is 5.92 Å². The summed E-state index contributed by atoms with van der Waals surface area (Å²) in [5, 5.41) is 0. The Morgan fingerprint density at radius 3 is 2.94 bits per heavy atom. The maximum atomic E-state index is 5.84. The molecule has 2 heterocycles. The lowest BCUT2D eigenvalue weighted by molar-refractivity contribution is -0.0404. The first-order valence-electron chi connectivity index (χ1n) is 6.86. The molecule has 2 atom stereocenters. The number of nitrogens with zero attached hydrogens (tertiary/aromatic N) is 2. The minimum atomic E-state index is 0.406. The molecule has 2 aliphatic heterocycles. The van der Waals surface area contributed by atoms with Crippen LogP contribution in [0, 0.1) is 5.92 Å². The van der Waals surface area contributed by atoms with Crippen LogP contribution in [0.4, 0.5) is 0 Å². The van der Waals surface area contributed by atoms with Gasteiger partial charge < -0.3 is 14.5 Å². The summed E-state index contributed by atoms with van der Waals surface area (Å²) in [6.45, 7) is 6.60. The summed E-state index contributed by atoms with van der Waals surface area (Å²) in [5.41, 5.74) is 0. The Kier molecular flexibility index (Phi) is 5.54. The zero-order chi connectivity index (χ0) is 12.1. The molecule has 17 heavy (non-hydrogen) atoms. The lowest BCUT2D eigenvalue weighted by atomic mass is 9.95. The third-order valence-electron chi connectivity index (χ3n) is 3.92. The van der Waals surface area contributed by atoms with E-state index in [9.17, 15) is 0 Å². The van der Waals surface area contributed by atoms with Crippen LogP contribution >= 0.6 is 11.6 Å². The fraction of sp³-hybridized carbons (Fsp3) is 1.00. The van der Waals surface area contributed by atoms with Gasteiger partial charge in [0.2, 0.25) is 0 Å². The molecule has 0 spiro atoms. The molecule has 0 aromatic rings. The van der Waals surface area contributed by atoms with E-state index in [1.54, 1.807) is 0 Å². The van der Waals surface area contributed by atoms with E-state index in [0.29, 0.717) is 6.10 Å². The van der Waals surface area contributed by atoms with Crippen LogP contribution in [0.2, 0.25) is 0 Å². The van der Waals surface area contributed by atoms with E-state index >= 15 is 0 Å². The third-order valence-corrected chi connectivity index (χ3v) is 4.14. The van der Waals surface area contributed by atoms with Gasteiger partial charge in [0.25, 0.3) is 0 Å². The summed E-state index contributed by atoms with van der Waals surface area (Å²) in [6, 6.07) is 0. The van der Waals surface area contributed by atoms with E-state index in [1.807, 2.05) is 0 Å². The van der Waals surface area contributed by atoms with Crippen molar-refractivity contribution in [1.82, 2.24) is 9.80 Å². The number of piperidine rings is 1. The smallest absolute Gasteiger partial charge is 0.0829 e. The maximum Gasteiger partial charge on any atom is 0.0829 e. The van der Waals surface area contributed by atoms with Crippen LogP contribution in [0.5, 0.6) is 0 Å². The third kappa shape index (κ3) is 4.40. The number of halogens is 1. The highest BCUT2D eigenvalue weighted by Crippen LogP contribution is 2.20. The van der Waals surface area contributed by atoms with Crippen molar-refractivity contribution in [3.8, 4) is 0 Å². The lowest BCUT2D eigenvalue weighted by Crippen LogP contribution is -2.48. The molecule has 0 aromatic heterocycles. The van der Waals surface area contributed by atoms with Gasteiger partial charge >= 0.3 is 0 Å². The van der Waals surface area contributed by atoms with Crippen molar-refractivity contribution in [3.05, 3.63) is 0 Å². The fourth-order valence-corrected chi connectivity index (χ4v) is 3.28. The minimum absolute atomic E-state index is 0.406. The van der Waals surface area contributed by atoms with Crippen molar-refractivity contribution in [1.29, 1.82) is 0 Å². The Bertz CT molecular complexity index is 225. The van der Waals surface area contributed by atoms with E-state index in [0.717, 1.165) is 38.0 Å². The SMILES string of the molecule is CN1CCOC(CN2CCCC(CCCl)C2)C1. The molecule has 0 bridgehead atoms. The molecule has 2 fully saturated rings. The molecule has 0 amide bonds. The van der Waals surface area contributed by atoms with Crippen LogP contribution in [-0.2, 0) is 4.74 Å². The van der Waals surface area contributed by atoms with E-state index in [-0.39, 0.29) is 0 Å². The van der Waals surface area contributed by atoms with E-state index in [1.165, 1.54) is 32.4 Å². The van der Waals surface area contributed by atoms with Gasteiger partial charge in [-0.2, -0.15) is 0 Å². The molecular formula is C13H25ClN2O. The van der Waals surface area contributed by atoms with Crippen molar-refractivity contribution in [2.75, 3.05) is 52.3 Å². The van der Waals surface area contributed by atoms with Gasteiger partial charge in [0.1, 0.15) is 0 Å². The minimum Gasteiger partial charge on any atom is -0.374 e. The standard InChI is InChI=1S/C13H25ClN2O/c1-15-7-8-17-13(10-15)11-16-6-2-3-12(9-16)4-5-14/h12-13H,2-11H2,1H3. The number of rotatable bonds is 4. The number of ether oxygens (including phenoxy) is 1. The first-order chi connectivity index (χ1) is 8.28. The van der Waals surface area contributed by atoms with Crippen molar-refractivity contribution >= 4 is 11.6 Å². The van der Waals surface area contributed by atoms with Gasteiger partial charge in [-0.15, -0.1) is 11.6 Å². The Labute approximate surface area is 110 Å². The zero-order valence-electron chi connectivity index (χ0n) is 10.9. The Balaban J connectivity index is 1.74. The second kappa shape index (κ2) is 6.93. The average Bonchev–Trinajstić information content (AvgIpc) is 2.30.